The Morgan fingerprint density at radius 1 is 1.57 bits per heavy atom. The Morgan fingerprint density at radius 2 is 2.29 bits per heavy atom. The molecule has 0 radical (unpaired) electrons. The Labute approximate surface area is 89.9 Å². The summed E-state index contributed by atoms with van der Waals surface area (Å²) in [5.41, 5.74) is 0.780. The zero-order chi connectivity index (χ0) is 10.6. The van der Waals surface area contributed by atoms with Crippen LogP contribution in [0.4, 0.5) is 0 Å². The predicted molar refractivity (Wildman–Crippen MR) is 58.3 cm³/mol. The van der Waals surface area contributed by atoms with Crippen molar-refractivity contribution in [2.75, 3.05) is 0 Å². The quantitative estimate of drug-likeness (QED) is 0.833. The summed E-state index contributed by atoms with van der Waals surface area (Å²) >= 11 is 5.92. The van der Waals surface area contributed by atoms with E-state index in [4.69, 9.17) is 11.6 Å². The number of halogens is 1. The molecule has 0 fully saturated rings. The number of pyridine rings is 1. The van der Waals surface area contributed by atoms with Crippen LogP contribution in [0.3, 0.4) is 0 Å². The van der Waals surface area contributed by atoms with Gasteiger partial charge in [-0.3, -0.25) is 4.98 Å². The highest BCUT2D eigenvalue weighted by molar-refractivity contribution is 6.31. The van der Waals surface area contributed by atoms with Gasteiger partial charge in [-0.2, -0.15) is 0 Å². The van der Waals surface area contributed by atoms with Crippen LogP contribution in [0.2, 0.25) is 5.02 Å². The third kappa shape index (κ3) is 2.96. The van der Waals surface area contributed by atoms with Crippen LogP contribution in [0.5, 0.6) is 0 Å². The molecular weight excluding hydrogens is 198 g/mol. The molecule has 0 saturated carbocycles. The zero-order valence-electron chi connectivity index (χ0n) is 8.57. The van der Waals surface area contributed by atoms with Crippen molar-refractivity contribution in [3.05, 3.63) is 29.0 Å². The van der Waals surface area contributed by atoms with E-state index in [1.54, 1.807) is 18.5 Å². The number of rotatable bonds is 4. The third-order valence-corrected chi connectivity index (χ3v) is 2.80. The largest absolute Gasteiger partial charge is 0.388 e. The van der Waals surface area contributed by atoms with Crippen molar-refractivity contribution in [1.29, 1.82) is 0 Å². The summed E-state index contributed by atoms with van der Waals surface area (Å²) in [6, 6.07) is 1.77. The summed E-state index contributed by atoms with van der Waals surface area (Å²) in [5.74, 6) is 0.509. The van der Waals surface area contributed by atoms with E-state index in [-0.39, 0.29) is 0 Å². The first-order valence-electron chi connectivity index (χ1n) is 4.92. The van der Waals surface area contributed by atoms with Crippen LogP contribution in [0, 0.1) is 5.92 Å². The van der Waals surface area contributed by atoms with Crippen molar-refractivity contribution in [2.45, 2.75) is 32.8 Å². The van der Waals surface area contributed by atoms with Crippen LogP contribution in [-0.4, -0.2) is 10.1 Å². The van der Waals surface area contributed by atoms with E-state index >= 15 is 0 Å². The number of aromatic nitrogens is 1. The molecule has 0 bridgehead atoms. The highest BCUT2D eigenvalue weighted by Gasteiger charge is 2.13. The van der Waals surface area contributed by atoms with Gasteiger partial charge in [-0.1, -0.05) is 31.9 Å². The molecule has 1 heterocycles. The summed E-state index contributed by atoms with van der Waals surface area (Å²) in [4.78, 5) is 3.88. The summed E-state index contributed by atoms with van der Waals surface area (Å²) in [6.07, 6.45) is 4.57. The summed E-state index contributed by atoms with van der Waals surface area (Å²) in [7, 11) is 0. The van der Waals surface area contributed by atoms with Gasteiger partial charge in [-0.25, -0.2) is 0 Å². The molecule has 2 unspecified atom stereocenters. The topological polar surface area (TPSA) is 33.1 Å². The number of aliphatic hydroxyl groups is 1. The van der Waals surface area contributed by atoms with Crippen molar-refractivity contribution in [3.8, 4) is 0 Å². The van der Waals surface area contributed by atoms with Crippen molar-refractivity contribution in [2.24, 2.45) is 5.92 Å². The SMILES string of the molecule is CCC(C)CC(O)c1ccncc1Cl. The monoisotopic (exact) mass is 213 g/mol. The molecule has 14 heavy (non-hydrogen) atoms. The molecule has 0 aliphatic carbocycles. The van der Waals surface area contributed by atoms with Gasteiger partial charge in [0.25, 0.3) is 0 Å². The Kier molecular flexibility index (Phi) is 4.36. The highest BCUT2D eigenvalue weighted by Crippen LogP contribution is 2.27. The minimum Gasteiger partial charge on any atom is -0.388 e. The Morgan fingerprint density at radius 3 is 2.86 bits per heavy atom. The van der Waals surface area contributed by atoms with Gasteiger partial charge in [0, 0.05) is 18.0 Å². The predicted octanol–water partition coefficient (Wildman–Crippen LogP) is 3.20. The molecule has 0 saturated heterocycles. The van der Waals surface area contributed by atoms with Gasteiger partial charge < -0.3 is 5.11 Å². The van der Waals surface area contributed by atoms with E-state index < -0.39 is 6.10 Å². The normalized spacial score (nSPS) is 15.1. The lowest BCUT2D eigenvalue weighted by Crippen LogP contribution is -2.04. The molecular formula is C11H16ClNO. The van der Waals surface area contributed by atoms with Gasteiger partial charge in [-0.05, 0) is 18.4 Å². The fourth-order valence-electron chi connectivity index (χ4n) is 1.33. The molecule has 1 aromatic heterocycles. The molecule has 0 aromatic carbocycles. The van der Waals surface area contributed by atoms with E-state index in [0.29, 0.717) is 10.9 Å². The van der Waals surface area contributed by atoms with Crippen molar-refractivity contribution in [3.63, 3.8) is 0 Å². The average molecular weight is 214 g/mol. The molecule has 0 spiro atoms. The fraction of sp³-hybridized carbons (Fsp3) is 0.545. The molecule has 1 rings (SSSR count). The van der Waals surface area contributed by atoms with Crippen LogP contribution in [0.25, 0.3) is 0 Å². The lowest BCUT2D eigenvalue weighted by Gasteiger charge is -2.15. The van der Waals surface area contributed by atoms with Gasteiger partial charge in [0.1, 0.15) is 0 Å². The molecule has 1 aromatic rings. The standard InChI is InChI=1S/C11H16ClNO/c1-3-8(2)6-11(14)9-4-5-13-7-10(9)12/h4-5,7-8,11,14H,3,6H2,1-2H3. The average Bonchev–Trinajstić information content (AvgIpc) is 2.18. The fourth-order valence-corrected chi connectivity index (χ4v) is 1.58. The molecule has 2 nitrogen and oxygen atoms in total. The maximum atomic E-state index is 9.89. The second-order valence-electron chi connectivity index (χ2n) is 3.66. The van der Waals surface area contributed by atoms with Crippen molar-refractivity contribution < 1.29 is 5.11 Å². The van der Waals surface area contributed by atoms with Gasteiger partial charge in [-0.15, -0.1) is 0 Å². The Balaban J connectivity index is 2.69. The van der Waals surface area contributed by atoms with Crippen molar-refractivity contribution in [1.82, 2.24) is 4.98 Å². The molecule has 0 amide bonds. The van der Waals surface area contributed by atoms with E-state index in [0.717, 1.165) is 18.4 Å². The third-order valence-electron chi connectivity index (χ3n) is 2.49. The molecule has 2 atom stereocenters. The van der Waals surface area contributed by atoms with Crippen molar-refractivity contribution >= 4 is 11.6 Å². The van der Waals surface area contributed by atoms with Crippen LogP contribution in [0.15, 0.2) is 18.5 Å². The first kappa shape index (κ1) is 11.5. The van der Waals surface area contributed by atoms with E-state index in [9.17, 15) is 5.11 Å². The molecule has 3 heteroatoms. The first-order valence-corrected chi connectivity index (χ1v) is 5.30. The summed E-state index contributed by atoms with van der Waals surface area (Å²) < 4.78 is 0. The molecule has 0 aliphatic heterocycles. The summed E-state index contributed by atoms with van der Waals surface area (Å²) in [5, 5.41) is 10.4. The van der Waals surface area contributed by atoms with E-state index in [1.165, 1.54) is 0 Å². The second-order valence-corrected chi connectivity index (χ2v) is 4.07. The zero-order valence-corrected chi connectivity index (χ0v) is 9.33. The van der Waals surface area contributed by atoms with Gasteiger partial charge in [0.05, 0.1) is 11.1 Å². The van der Waals surface area contributed by atoms with Gasteiger partial charge in [0.15, 0.2) is 0 Å². The van der Waals surface area contributed by atoms with E-state index in [1.807, 2.05) is 0 Å². The maximum absolute atomic E-state index is 9.89. The minimum atomic E-state index is -0.472. The van der Waals surface area contributed by atoms with E-state index in [2.05, 4.69) is 18.8 Å². The first-order chi connectivity index (χ1) is 6.65. The minimum absolute atomic E-state index is 0.472. The Hall–Kier alpha value is -0.600. The number of hydrogen-bond donors (Lipinski definition) is 1. The second kappa shape index (κ2) is 5.32. The maximum Gasteiger partial charge on any atom is 0.0808 e. The van der Waals surface area contributed by atoms with Crippen LogP contribution < -0.4 is 0 Å². The number of nitrogens with zero attached hydrogens (tertiary/aromatic N) is 1. The van der Waals surface area contributed by atoms with Crippen LogP contribution in [-0.2, 0) is 0 Å². The highest BCUT2D eigenvalue weighted by atomic mass is 35.5. The lowest BCUT2D eigenvalue weighted by molar-refractivity contribution is 0.146. The summed E-state index contributed by atoms with van der Waals surface area (Å²) in [6.45, 7) is 4.24. The number of hydrogen-bond acceptors (Lipinski definition) is 2. The molecule has 0 aliphatic rings. The van der Waals surface area contributed by atoms with Gasteiger partial charge in [0.2, 0.25) is 0 Å². The van der Waals surface area contributed by atoms with Crippen LogP contribution >= 0.6 is 11.6 Å². The van der Waals surface area contributed by atoms with Gasteiger partial charge >= 0.3 is 0 Å². The molecule has 1 N–H and O–H groups in total. The number of aliphatic hydroxyl groups excluding tert-OH is 1. The lowest BCUT2D eigenvalue weighted by atomic mass is 9.97. The molecule has 78 valence electrons. The van der Waals surface area contributed by atoms with Crippen LogP contribution in [0.1, 0.15) is 38.4 Å². The Bertz CT molecular complexity index is 290. The smallest absolute Gasteiger partial charge is 0.0808 e.